The van der Waals surface area contributed by atoms with Gasteiger partial charge in [0.05, 0.1) is 18.6 Å². The van der Waals surface area contributed by atoms with E-state index in [9.17, 15) is 18.0 Å². The van der Waals surface area contributed by atoms with E-state index in [4.69, 9.17) is 4.74 Å². The highest BCUT2D eigenvalue weighted by atomic mass is 32.2. The van der Waals surface area contributed by atoms with Crippen molar-refractivity contribution in [3.63, 3.8) is 0 Å². The first-order valence-corrected chi connectivity index (χ1v) is 9.86. The Morgan fingerprint density at radius 1 is 1.04 bits per heavy atom. The average Bonchev–Trinajstić information content (AvgIpc) is 2.66. The van der Waals surface area contributed by atoms with Crippen molar-refractivity contribution in [2.45, 2.75) is 18.7 Å². The van der Waals surface area contributed by atoms with Gasteiger partial charge in [0.1, 0.15) is 5.75 Å². The number of likely N-dealkylation sites (N-methyl/N-ethyl adjacent to an activating group) is 1. The molecule has 0 aromatic heterocycles. The van der Waals surface area contributed by atoms with Gasteiger partial charge in [0, 0.05) is 12.6 Å². The minimum absolute atomic E-state index is 0.0872. The number of rotatable bonds is 6. The molecular weight excluding hydrogens is 382 g/mol. The van der Waals surface area contributed by atoms with Crippen molar-refractivity contribution in [1.29, 1.82) is 0 Å². The molecule has 0 fully saturated rings. The molecule has 0 saturated heterocycles. The highest BCUT2D eigenvalue weighted by molar-refractivity contribution is 7.89. The van der Waals surface area contributed by atoms with Crippen molar-refractivity contribution in [3.05, 3.63) is 59.2 Å². The monoisotopic (exact) mass is 405 g/mol. The molecule has 0 atom stereocenters. The van der Waals surface area contributed by atoms with Crippen LogP contribution < -0.4 is 15.6 Å². The van der Waals surface area contributed by atoms with Crippen LogP contribution in [0, 0.1) is 13.8 Å². The summed E-state index contributed by atoms with van der Waals surface area (Å²) in [5.41, 5.74) is 6.56. The molecule has 0 saturated carbocycles. The molecule has 28 heavy (non-hydrogen) atoms. The number of sulfonamides is 1. The van der Waals surface area contributed by atoms with Crippen molar-refractivity contribution in [1.82, 2.24) is 15.2 Å². The Morgan fingerprint density at radius 3 is 2.29 bits per heavy atom. The van der Waals surface area contributed by atoms with Gasteiger partial charge >= 0.3 is 0 Å². The Morgan fingerprint density at radius 2 is 1.68 bits per heavy atom. The van der Waals surface area contributed by atoms with Crippen LogP contribution in [0.4, 0.5) is 0 Å². The third-order valence-corrected chi connectivity index (χ3v) is 5.90. The average molecular weight is 405 g/mol. The van der Waals surface area contributed by atoms with Gasteiger partial charge in [0.15, 0.2) is 0 Å². The normalized spacial score (nSPS) is 11.2. The molecule has 0 bridgehead atoms. The van der Waals surface area contributed by atoms with E-state index in [-0.39, 0.29) is 4.90 Å². The van der Waals surface area contributed by atoms with Crippen molar-refractivity contribution in [3.8, 4) is 5.75 Å². The molecule has 8 nitrogen and oxygen atoms in total. The van der Waals surface area contributed by atoms with E-state index < -0.39 is 28.4 Å². The molecule has 0 heterocycles. The van der Waals surface area contributed by atoms with Crippen LogP contribution in [0.2, 0.25) is 0 Å². The first-order valence-electron chi connectivity index (χ1n) is 8.42. The molecule has 0 aliphatic carbocycles. The van der Waals surface area contributed by atoms with Crippen LogP contribution in [-0.4, -0.2) is 45.2 Å². The van der Waals surface area contributed by atoms with Crippen LogP contribution in [0.25, 0.3) is 0 Å². The number of hydrogen-bond donors (Lipinski definition) is 2. The number of nitrogens with one attached hydrogen (secondary N) is 2. The Labute approximate surface area is 164 Å². The molecule has 2 rings (SSSR count). The molecule has 0 aliphatic rings. The highest BCUT2D eigenvalue weighted by Crippen LogP contribution is 2.18. The number of amides is 2. The third kappa shape index (κ3) is 5.08. The number of ether oxygens (including phenoxy) is 1. The summed E-state index contributed by atoms with van der Waals surface area (Å²) in [6, 6.07) is 11.2. The summed E-state index contributed by atoms with van der Waals surface area (Å²) in [4.78, 5) is 24.3. The Bertz CT molecular complexity index is 972. The molecular formula is C19H23N3O5S. The number of carbonyl (C=O) groups is 2. The summed E-state index contributed by atoms with van der Waals surface area (Å²) in [7, 11) is -1.02. The van der Waals surface area contributed by atoms with E-state index in [0.29, 0.717) is 11.3 Å². The van der Waals surface area contributed by atoms with Gasteiger partial charge in [0.2, 0.25) is 10.0 Å². The summed E-state index contributed by atoms with van der Waals surface area (Å²) in [6.07, 6.45) is 0. The van der Waals surface area contributed by atoms with Crippen molar-refractivity contribution in [2.24, 2.45) is 0 Å². The lowest BCUT2D eigenvalue weighted by atomic mass is 10.1. The van der Waals surface area contributed by atoms with Gasteiger partial charge in [-0.3, -0.25) is 20.4 Å². The fraction of sp³-hybridized carbons (Fsp3) is 0.263. The molecule has 0 unspecified atom stereocenters. The maximum absolute atomic E-state index is 12.5. The summed E-state index contributed by atoms with van der Waals surface area (Å²) in [6.45, 7) is 3.24. The zero-order valence-corrected chi connectivity index (χ0v) is 17.0. The van der Waals surface area contributed by atoms with E-state index in [2.05, 4.69) is 10.9 Å². The van der Waals surface area contributed by atoms with E-state index in [1.54, 1.807) is 30.3 Å². The molecule has 150 valence electrons. The largest absolute Gasteiger partial charge is 0.496 e. The van der Waals surface area contributed by atoms with E-state index >= 15 is 0 Å². The Kier molecular flexibility index (Phi) is 6.76. The number of aryl methyl sites for hydroxylation is 2. The van der Waals surface area contributed by atoms with Gasteiger partial charge in [-0.25, -0.2) is 8.42 Å². The quantitative estimate of drug-likeness (QED) is 0.707. The summed E-state index contributed by atoms with van der Waals surface area (Å²) < 4.78 is 31.0. The van der Waals surface area contributed by atoms with Crippen LogP contribution >= 0.6 is 0 Å². The van der Waals surface area contributed by atoms with Gasteiger partial charge in [-0.15, -0.1) is 0 Å². The molecule has 0 aliphatic heterocycles. The van der Waals surface area contributed by atoms with Gasteiger partial charge < -0.3 is 4.74 Å². The van der Waals surface area contributed by atoms with Crippen LogP contribution in [0.15, 0.2) is 47.4 Å². The second-order valence-electron chi connectivity index (χ2n) is 6.26. The number of methoxy groups -OCH3 is 1. The number of hydrogen-bond acceptors (Lipinski definition) is 5. The topological polar surface area (TPSA) is 105 Å². The number of hydrazine groups is 1. The molecule has 2 aromatic rings. The molecule has 2 amide bonds. The van der Waals surface area contributed by atoms with E-state index in [0.717, 1.165) is 15.4 Å². The van der Waals surface area contributed by atoms with Crippen LogP contribution in [0.5, 0.6) is 5.75 Å². The summed E-state index contributed by atoms with van der Waals surface area (Å²) >= 11 is 0. The van der Waals surface area contributed by atoms with Gasteiger partial charge in [-0.05, 0) is 43.7 Å². The lowest BCUT2D eigenvalue weighted by Crippen LogP contribution is -2.46. The van der Waals surface area contributed by atoms with E-state index in [1.165, 1.54) is 26.3 Å². The van der Waals surface area contributed by atoms with E-state index in [1.807, 2.05) is 13.8 Å². The Balaban J connectivity index is 1.96. The van der Waals surface area contributed by atoms with Crippen LogP contribution in [0.1, 0.15) is 21.5 Å². The van der Waals surface area contributed by atoms with Crippen molar-refractivity contribution < 1.29 is 22.7 Å². The van der Waals surface area contributed by atoms with Gasteiger partial charge in [-0.1, -0.05) is 23.8 Å². The predicted molar refractivity (Wildman–Crippen MR) is 104 cm³/mol. The van der Waals surface area contributed by atoms with Crippen molar-refractivity contribution >= 4 is 21.8 Å². The minimum Gasteiger partial charge on any atom is -0.496 e. The third-order valence-electron chi connectivity index (χ3n) is 4.08. The van der Waals surface area contributed by atoms with Crippen LogP contribution in [-0.2, 0) is 14.8 Å². The molecule has 0 spiro atoms. The fourth-order valence-electron chi connectivity index (χ4n) is 2.38. The molecule has 2 N–H and O–H groups in total. The number of nitrogens with zero attached hydrogens (tertiary/aromatic N) is 1. The van der Waals surface area contributed by atoms with Crippen molar-refractivity contribution in [2.75, 3.05) is 20.7 Å². The summed E-state index contributed by atoms with van der Waals surface area (Å²) in [5, 5.41) is 0. The molecule has 0 radical (unpaired) electrons. The number of carbonyl (C=O) groups excluding carboxylic acids is 2. The van der Waals surface area contributed by atoms with Gasteiger partial charge in [0.25, 0.3) is 11.8 Å². The lowest BCUT2D eigenvalue weighted by molar-refractivity contribution is -0.121. The lowest BCUT2D eigenvalue weighted by Gasteiger charge is -2.17. The molecule has 2 aromatic carbocycles. The minimum atomic E-state index is -3.81. The first-order chi connectivity index (χ1) is 13.1. The van der Waals surface area contributed by atoms with Gasteiger partial charge in [-0.2, -0.15) is 4.31 Å². The first kappa shape index (κ1) is 21.4. The van der Waals surface area contributed by atoms with Crippen LogP contribution in [0.3, 0.4) is 0 Å². The zero-order chi connectivity index (χ0) is 20.9. The highest BCUT2D eigenvalue weighted by Gasteiger charge is 2.23. The zero-order valence-electron chi connectivity index (χ0n) is 16.1. The maximum atomic E-state index is 12.5. The summed E-state index contributed by atoms with van der Waals surface area (Å²) in [5.74, 6) is -0.677. The predicted octanol–water partition coefficient (Wildman–Crippen LogP) is 1.39. The standard InChI is InChI=1S/C19H23N3O5S/c1-13-5-9-16(10-6-13)28(25,26)22(3)12-18(23)20-21-19(24)15-8-7-14(2)17(11-15)27-4/h5-11H,12H2,1-4H3,(H,20,23)(H,21,24). The smallest absolute Gasteiger partial charge is 0.269 e. The fourth-order valence-corrected chi connectivity index (χ4v) is 3.50. The SMILES string of the molecule is COc1cc(C(=O)NNC(=O)CN(C)S(=O)(=O)c2ccc(C)cc2)ccc1C. The number of benzene rings is 2. The second-order valence-corrected chi connectivity index (χ2v) is 8.31. The molecule has 9 heteroatoms. The second kappa shape index (κ2) is 8.85. The Hall–Kier alpha value is -2.91. The maximum Gasteiger partial charge on any atom is 0.269 e.